The Balaban J connectivity index is 1.78. The maximum Gasteiger partial charge on any atom is 0.260 e. The van der Waals surface area contributed by atoms with Crippen LogP contribution >= 0.6 is 15.9 Å². The average molecular weight is 366 g/mol. The average Bonchev–Trinajstić information content (AvgIpc) is 2.52. The maximum atomic E-state index is 12.2. The Morgan fingerprint density at radius 3 is 2.73 bits per heavy atom. The summed E-state index contributed by atoms with van der Waals surface area (Å²) >= 11 is 3.44. The first kappa shape index (κ1) is 16.8. The molecule has 5 nitrogen and oxygen atoms in total. The molecule has 1 saturated heterocycles. The van der Waals surface area contributed by atoms with Crippen molar-refractivity contribution in [3.8, 4) is 11.8 Å². The molecule has 1 heterocycles. The van der Waals surface area contributed by atoms with Gasteiger partial charge in [0.1, 0.15) is 5.75 Å². The van der Waals surface area contributed by atoms with E-state index in [2.05, 4.69) is 26.9 Å². The minimum Gasteiger partial charge on any atom is -0.483 e. The van der Waals surface area contributed by atoms with E-state index >= 15 is 0 Å². The molecule has 0 unspecified atom stereocenters. The third-order valence-corrected chi connectivity index (χ3v) is 4.32. The van der Waals surface area contributed by atoms with Crippen LogP contribution in [0, 0.1) is 18.3 Å². The van der Waals surface area contributed by atoms with Crippen molar-refractivity contribution in [3.63, 3.8) is 0 Å². The zero-order valence-electron chi connectivity index (χ0n) is 12.7. The number of nitrogens with zero attached hydrogens (tertiary/aromatic N) is 3. The summed E-state index contributed by atoms with van der Waals surface area (Å²) in [5.74, 6) is 0.694. The second-order valence-corrected chi connectivity index (χ2v) is 6.21. The summed E-state index contributed by atoms with van der Waals surface area (Å²) in [6, 6.07) is 7.94. The molecule has 1 fully saturated rings. The van der Waals surface area contributed by atoms with Gasteiger partial charge in [0.2, 0.25) is 0 Å². The van der Waals surface area contributed by atoms with E-state index in [-0.39, 0.29) is 12.5 Å². The molecule has 0 saturated carbocycles. The number of aryl methyl sites for hydroxylation is 1. The Labute approximate surface area is 139 Å². The Morgan fingerprint density at radius 2 is 2.09 bits per heavy atom. The van der Waals surface area contributed by atoms with E-state index in [1.54, 1.807) is 0 Å². The standard InChI is InChI=1S/C16H20BrN3O2/c1-13-3-4-15(14(17)11-13)22-12-16(21)20-9-7-19(8-10-20)6-2-5-18/h3-4,11H,2,6-10,12H2,1H3. The van der Waals surface area contributed by atoms with Gasteiger partial charge in [-0.2, -0.15) is 5.26 Å². The summed E-state index contributed by atoms with van der Waals surface area (Å²) in [7, 11) is 0. The zero-order valence-corrected chi connectivity index (χ0v) is 14.3. The van der Waals surface area contributed by atoms with Gasteiger partial charge in [-0.3, -0.25) is 9.69 Å². The minimum atomic E-state index is 0.00686. The maximum absolute atomic E-state index is 12.2. The molecule has 1 aromatic rings. The number of hydrogen-bond donors (Lipinski definition) is 0. The van der Waals surface area contributed by atoms with Crippen molar-refractivity contribution in [2.75, 3.05) is 39.3 Å². The fourth-order valence-corrected chi connectivity index (χ4v) is 2.99. The first-order valence-electron chi connectivity index (χ1n) is 7.36. The molecule has 0 aliphatic carbocycles. The van der Waals surface area contributed by atoms with Crippen LogP contribution < -0.4 is 4.74 Å². The van der Waals surface area contributed by atoms with E-state index in [0.717, 1.165) is 29.7 Å². The van der Waals surface area contributed by atoms with Crippen LogP contribution in [-0.4, -0.2) is 55.0 Å². The number of rotatable bonds is 5. The lowest BCUT2D eigenvalue weighted by Gasteiger charge is -2.34. The van der Waals surface area contributed by atoms with Crippen molar-refractivity contribution < 1.29 is 9.53 Å². The van der Waals surface area contributed by atoms with E-state index in [1.165, 1.54) is 0 Å². The number of amides is 1. The molecule has 118 valence electrons. The van der Waals surface area contributed by atoms with Crippen molar-refractivity contribution in [3.05, 3.63) is 28.2 Å². The predicted octanol–water partition coefficient (Wildman–Crippen LogP) is 2.19. The molecule has 1 aromatic carbocycles. The van der Waals surface area contributed by atoms with E-state index in [1.807, 2.05) is 30.0 Å². The smallest absolute Gasteiger partial charge is 0.260 e. The van der Waals surface area contributed by atoms with Crippen LogP contribution in [0.15, 0.2) is 22.7 Å². The lowest BCUT2D eigenvalue weighted by molar-refractivity contribution is -0.135. The lowest BCUT2D eigenvalue weighted by Crippen LogP contribution is -2.50. The van der Waals surface area contributed by atoms with Gasteiger partial charge in [-0.25, -0.2) is 0 Å². The SMILES string of the molecule is Cc1ccc(OCC(=O)N2CCN(CCC#N)CC2)c(Br)c1. The molecule has 0 atom stereocenters. The van der Waals surface area contributed by atoms with Gasteiger partial charge in [-0.05, 0) is 40.5 Å². The number of piperazine rings is 1. The highest BCUT2D eigenvalue weighted by Gasteiger charge is 2.21. The Hall–Kier alpha value is -1.58. The molecule has 1 aliphatic rings. The van der Waals surface area contributed by atoms with E-state index in [4.69, 9.17) is 10.00 Å². The Kier molecular flexibility index (Phi) is 6.22. The van der Waals surface area contributed by atoms with Gasteiger partial charge in [0.15, 0.2) is 6.61 Å². The largest absolute Gasteiger partial charge is 0.483 e. The molecule has 2 rings (SSSR count). The lowest BCUT2D eigenvalue weighted by atomic mass is 10.2. The molecular formula is C16H20BrN3O2. The van der Waals surface area contributed by atoms with Gasteiger partial charge in [0.25, 0.3) is 5.91 Å². The summed E-state index contributed by atoms with van der Waals surface area (Å²) < 4.78 is 6.47. The Morgan fingerprint density at radius 1 is 1.36 bits per heavy atom. The highest BCUT2D eigenvalue weighted by atomic mass is 79.9. The van der Waals surface area contributed by atoms with E-state index < -0.39 is 0 Å². The van der Waals surface area contributed by atoms with Crippen LogP contribution in [0.4, 0.5) is 0 Å². The first-order valence-corrected chi connectivity index (χ1v) is 8.15. The third kappa shape index (κ3) is 4.72. The number of carbonyl (C=O) groups is 1. The molecule has 1 aliphatic heterocycles. The molecule has 1 amide bonds. The third-order valence-electron chi connectivity index (χ3n) is 3.70. The number of halogens is 1. The molecular weight excluding hydrogens is 346 g/mol. The van der Waals surface area contributed by atoms with Gasteiger partial charge in [-0.15, -0.1) is 0 Å². The number of nitriles is 1. The number of benzene rings is 1. The van der Waals surface area contributed by atoms with Gasteiger partial charge >= 0.3 is 0 Å². The number of hydrogen-bond acceptors (Lipinski definition) is 4. The normalized spacial score (nSPS) is 15.4. The van der Waals surface area contributed by atoms with Crippen molar-refractivity contribution in [1.82, 2.24) is 9.80 Å². The number of ether oxygens (including phenoxy) is 1. The molecule has 0 spiro atoms. The topological polar surface area (TPSA) is 56.6 Å². The summed E-state index contributed by atoms with van der Waals surface area (Å²) in [4.78, 5) is 16.2. The van der Waals surface area contributed by atoms with E-state index in [9.17, 15) is 4.79 Å². The molecule has 0 aromatic heterocycles. The predicted molar refractivity (Wildman–Crippen MR) is 87.6 cm³/mol. The van der Waals surface area contributed by atoms with E-state index in [0.29, 0.717) is 25.3 Å². The fraction of sp³-hybridized carbons (Fsp3) is 0.500. The van der Waals surface area contributed by atoms with Gasteiger partial charge < -0.3 is 9.64 Å². The second kappa shape index (κ2) is 8.16. The number of carbonyl (C=O) groups excluding carboxylic acids is 1. The molecule has 0 N–H and O–H groups in total. The van der Waals surface area contributed by atoms with Crippen molar-refractivity contribution >= 4 is 21.8 Å². The van der Waals surface area contributed by atoms with Crippen LogP contribution in [-0.2, 0) is 4.79 Å². The molecule has 0 bridgehead atoms. The molecule has 0 radical (unpaired) electrons. The van der Waals surface area contributed by atoms with Crippen LogP contribution in [0.1, 0.15) is 12.0 Å². The van der Waals surface area contributed by atoms with Crippen molar-refractivity contribution in [2.45, 2.75) is 13.3 Å². The zero-order chi connectivity index (χ0) is 15.9. The highest BCUT2D eigenvalue weighted by Crippen LogP contribution is 2.25. The monoisotopic (exact) mass is 365 g/mol. The van der Waals surface area contributed by atoms with Gasteiger partial charge in [0, 0.05) is 39.1 Å². The Bertz CT molecular complexity index is 563. The van der Waals surface area contributed by atoms with Crippen molar-refractivity contribution in [2.24, 2.45) is 0 Å². The molecule has 6 heteroatoms. The van der Waals surface area contributed by atoms with Crippen molar-refractivity contribution in [1.29, 1.82) is 5.26 Å². The van der Waals surface area contributed by atoms with Crippen LogP contribution in [0.25, 0.3) is 0 Å². The summed E-state index contributed by atoms with van der Waals surface area (Å²) in [5, 5.41) is 8.59. The quantitative estimate of drug-likeness (QED) is 0.802. The van der Waals surface area contributed by atoms with Crippen LogP contribution in [0.5, 0.6) is 5.75 Å². The van der Waals surface area contributed by atoms with Crippen LogP contribution in [0.2, 0.25) is 0 Å². The van der Waals surface area contributed by atoms with Gasteiger partial charge in [0.05, 0.1) is 10.5 Å². The second-order valence-electron chi connectivity index (χ2n) is 5.35. The minimum absolute atomic E-state index is 0.00686. The molecule has 22 heavy (non-hydrogen) atoms. The van der Waals surface area contributed by atoms with Crippen LogP contribution in [0.3, 0.4) is 0 Å². The van der Waals surface area contributed by atoms with Gasteiger partial charge in [-0.1, -0.05) is 6.07 Å². The first-order chi connectivity index (χ1) is 10.6. The highest BCUT2D eigenvalue weighted by molar-refractivity contribution is 9.10. The summed E-state index contributed by atoms with van der Waals surface area (Å²) in [5.41, 5.74) is 1.14. The summed E-state index contributed by atoms with van der Waals surface area (Å²) in [6.07, 6.45) is 0.540. The fourth-order valence-electron chi connectivity index (χ4n) is 2.38. The summed E-state index contributed by atoms with van der Waals surface area (Å²) in [6.45, 7) is 5.88.